The van der Waals surface area contributed by atoms with Crippen molar-refractivity contribution < 1.29 is 4.74 Å². The number of ether oxygens (including phenoxy) is 1. The molecule has 0 N–H and O–H groups in total. The minimum Gasteiger partial charge on any atom is -0.341 e. The smallest absolute Gasteiger partial charge is 0.277 e. The van der Waals surface area contributed by atoms with Gasteiger partial charge in [-0.05, 0) is 17.0 Å². The normalized spacial score (nSPS) is 12.0. The molecule has 0 fully saturated rings. The zero-order valence-electron chi connectivity index (χ0n) is 4.48. The first-order valence-corrected chi connectivity index (χ1v) is 5.08. The minimum absolute atomic E-state index is 1.08. The summed E-state index contributed by atoms with van der Waals surface area (Å²) in [5, 5.41) is 0. The highest BCUT2D eigenvalue weighted by atomic mass is 35.5. The monoisotopic (exact) mass is 192 g/mol. The van der Waals surface area contributed by atoms with E-state index in [1.165, 1.54) is 28.7 Å². The molecule has 0 radical (unpaired) electrons. The summed E-state index contributed by atoms with van der Waals surface area (Å²) in [5.41, 5.74) is 0. The number of methoxy groups -OCH3 is 1. The van der Waals surface area contributed by atoms with Crippen molar-refractivity contribution in [2.45, 2.75) is 3.85 Å². The molecule has 0 aromatic heterocycles. The molecule has 0 atom stereocenters. The van der Waals surface area contributed by atoms with E-state index in [9.17, 15) is 0 Å². The molecule has 0 unspecified atom stereocenters. The summed E-state index contributed by atoms with van der Waals surface area (Å²) in [6.07, 6.45) is 1.88. The van der Waals surface area contributed by atoms with Gasteiger partial charge in [-0.2, -0.15) is 0 Å². The highest BCUT2D eigenvalue weighted by Crippen LogP contribution is 2.41. The molecule has 0 aromatic carbocycles. The SMILES string of the molecule is COC(Cl)(Cl)SSC. The molecule has 0 spiro atoms. The molecule has 0 aliphatic rings. The summed E-state index contributed by atoms with van der Waals surface area (Å²) in [6.45, 7) is 0. The Bertz CT molecular complexity index is 68.3. The highest BCUT2D eigenvalue weighted by Gasteiger charge is 2.22. The zero-order chi connectivity index (χ0) is 6.62. The second-order valence-electron chi connectivity index (χ2n) is 0.917. The van der Waals surface area contributed by atoms with Crippen LogP contribution in [0.1, 0.15) is 0 Å². The molecule has 0 heterocycles. The molecule has 0 aromatic rings. The number of rotatable bonds is 3. The van der Waals surface area contributed by atoms with Crippen LogP contribution >= 0.6 is 44.8 Å². The van der Waals surface area contributed by atoms with Crippen molar-refractivity contribution in [3.8, 4) is 0 Å². The van der Waals surface area contributed by atoms with Gasteiger partial charge in [0.05, 0.1) is 0 Å². The Balaban J connectivity index is 3.37. The van der Waals surface area contributed by atoms with Crippen molar-refractivity contribution in [2.24, 2.45) is 0 Å². The number of hydrogen-bond donors (Lipinski definition) is 0. The molecular weight excluding hydrogens is 187 g/mol. The van der Waals surface area contributed by atoms with Crippen LogP contribution in [0.25, 0.3) is 0 Å². The van der Waals surface area contributed by atoms with Gasteiger partial charge in [0.2, 0.25) is 0 Å². The lowest BCUT2D eigenvalue weighted by molar-refractivity contribution is 0.203. The van der Waals surface area contributed by atoms with Crippen LogP contribution in [0.3, 0.4) is 0 Å². The van der Waals surface area contributed by atoms with E-state index in [4.69, 9.17) is 23.2 Å². The third-order valence-corrected chi connectivity index (χ3v) is 3.47. The Morgan fingerprint density at radius 3 is 2.12 bits per heavy atom. The Morgan fingerprint density at radius 1 is 1.50 bits per heavy atom. The molecule has 0 saturated heterocycles. The fourth-order valence-corrected chi connectivity index (χ4v) is 2.31. The molecule has 0 aliphatic heterocycles. The number of halogens is 2. The Kier molecular flexibility index (Phi) is 4.76. The summed E-state index contributed by atoms with van der Waals surface area (Å²) in [6, 6.07) is 0. The fourth-order valence-electron chi connectivity index (χ4n) is 0.131. The van der Waals surface area contributed by atoms with Gasteiger partial charge in [-0.3, -0.25) is 0 Å². The van der Waals surface area contributed by atoms with Gasteiger partial charge in [0.15, 0.2) is 0 Å². The van der Waals surface area contributed by atoms with Crippen LogP contribution < -0.4 is 0 Å². The maximum atomic E-state index is 5.51. The third-order valence-electron chi connectivity index (χ3n) is 0.418. The maximum Gasteiger partial charge on any atom is 0.277 e. The van der Waals surface area contributed by atoms with Gasteiger partial charge in [-0.15, -0.1) is 0 Å². The highest BCUT2D eigenvalue weighted by molar-refractivity contribution is 8.77. The summed E-state index contributed by atoms with van der Waals surface area (Å²) < 4.78 is 3.57. The van der Waals surface area contributed by atoms with E-state index in [2.05, 4.69) is 4.74 Å². The lowest BCUT2D eigenvalue weighted by Gasteiger charge is -2.13. The number of hydrogen-bond acceptors (Lipinski definition) is 3. The summed E-state index contributed by atoms with van der Waals surface area (Å²) in [7, 11) is 4.18. The van der Waals surface area contributed by atoms with E-state index < -0.39 is 3.85 Å². The van der Waals surface area contributed by atoms with Crippen LogP contribution in [0.5, 0.6) is 0 Å². The van der Waals surface area contributed by atoms with E-state index in [-0.39, 0.29) is 0 Å². The lowest BCUT2D eigenvalue weighted by atomic mass is 11.5. The van der Waals surface area contributed by atoms with E-state index in [1.807, 2.05) is 6.26 Å². The van der Waals surface area contributed by atoms with Gasteiger partial charge in [-0.1, -0.05) is 34.0 Å². The summed E-state index contributed by atoms with van der Waals surface area (Å²) in [5.74, 6) is 0. The van der Waals surface area contributed by atoms with Crippen LogP contribution in [-0.4, -0.2) is 17.2 Å². The first-order valence-electron chi connectivity index (χ1n) is 1.77. The van der Waals surface area contributed by atoms with Gasteiger partial charge >= 0.3 is 0 Å². The molecule has 5 heteroatoms. The van der Waals surface area contributed by atoms with Crippen LogP contribution in [-0.2, 0) is 4.74 Å². The molecular formula is C3H6Cl2OS2. The van der Waals surface area contributed by atoms with Gasteiger partial charge in [0.25, 0.3) is 3.85 Å². The average molecular weight is 193 g/mol. The van der Waals surface area contributed by atoms with Crippen LogP contribution in [0, 0.1) is 0 Å². The molecule has 8 heavy (non-hydrogen) atoms. The molecule has 50 valence electrons. The second-order valence-corrected chi connectivity index (χ2v) is 5.20. The van der Waals surface area contributed by atoms with Crippen molar-refractivity contribution in [3.63, 3.8) is 0 Å². The predicted octanol–water partition coefficient (Wildman–Crippen LogP) is 2.73. The van der Waals surface area contributed by atoms with E-state index >= 15 is 0 Å². The summed E-state index contributed by atoms with van der Waals surface area (Å²) >= 11 is 11.0. The van der Waals surface area contributed by atoms with Crippen LogP contribution in [0.4, 0.5) is 0 Å². The predicted molar refractivity (Wildman–Crippen MR) is 42.6 cm³/mol. The zero-order valence-corrected chi connectivity index (χ0v) is 7.63. The van der Waals surface area contributed by atoms with E-state index in [1.54, 1.807) is 0 Å². The molecule has 0 amide bonds. The minimum atomic E-state index is -1.08. The van der Waals surface area contributed by atoms with E-state index in [0.29, 0.717) is 0 Å². The lowest BCUT2D eigenvalue weighted by Crippen LogP contribution is -2.06. The molecule has 0 saturated carbocycles. The molecule has 0 rings (SSSR count). The number of alkyl halides is 2. The van der Waals surface area contributed by atoms with Crippen molar-refractivity contribution >= 4 is 44.8 Å². The Labute approximate surface area is 66.8 Å². The second kappa shape index (κ2) is 4.12. The van der Waals surface area contributed by atoms with Crippen molar-refractivity contribution in [3.05, 3.63) is 0 Å². The van der Waals surface area contributed by atoms with Crippen LogP contribution in [0.2, 0.25) is 0 Å². The van der Waals surface area contributed by atoms with E-state index in [0.717, 1.165) is 0 Å². The van der Waals surface area contributed by atoms with Crippen molar-refractivity contribution in [2.75, 3.05) is 13.4 Å². The van der Waals surface area contributed by atoms with Gasteiger partial charge < -0.3 is 4.74 Å². The Morgan fingerprint density at radius 2 is 2.00 bits per heavy atom. The van der Waals surface area contributed by atoms with Gasteiger partial charge in [0, 0.05) is 7.11 Å². The first kappa shape index (κ1) is 9.24. The third kappa shape index (κ3) is 4.15. The topological polar surface area (TPSA) is 9.23 Å². The molecule has 0 aliphatic carbocycles. The first-order chi connectivity index (χ1) is 3.62. The Hall–Kier alpha value is 1.24. The van der Waals surface area contributed by atoms with Crippen LogP contribution in [0.15, 0.2) is 0 Å². The average Bonchev–Trinajstić information content (AvgIpc) is 1.67. The largest absolute Gasteiger partial charge is 0.341 e. The molecule has 1 nitrogen and oxygen atoms in total. The molecule has 0 bridgehead atoms. The summed E-state index contributed by atoms with van der Waals surface area (Å²) in [4.78, 5) is 0. The van der Waals surface area contributed by atoms with Crippen molar-refractivity contribution in [1.29, 1.82) is 0 Å². The van der Waals surface area contributed by atoms with Crippen molar-refractivity contribution in [1.82, 2.24) is 0 Å². The fraction of sp³-hybridized carbons (Fsp3) is 1.00. The van der Waals surface area contributed by atoms with Gasteiger partial charge in [-0.25, -0.2) is 0 Å². The standard InChI is InChI=1S/C3H6Cl2OS2/c1-6-3(4,5)8-7-2/h1-2H3. The van der Waals surface area contributed by atoms with Gasteiger partial charge in [0.1, 0.15) is 0 Å². The maximum absolute atomic E-state index is 5.51. The quantitative estimate of drug-likeness (QED) is 0.387.